The summed E-state index contributed by atoms with van der Waals surface area (Å²) in [6.45, 7) is 5.18. The molecule has 1 unspecified atom stereocenters. The number of carbonyl (C=O) groups is 1. The van der Waals surface area contributed by atoms with Gasteiger partial charge in [-0.3, -0.25) is 10.1 Å². The Labute approximate surface area is 119 Å². The average Bonchev–Trinajstić information content (AvgIpc) is 2.67. The van der Waals surface area contributed by atoms with E-state index in [2.05, 4.69) is 10.6 Å². The molecule has 0 aromatic carbocycles. The van der Waals surface area contributed by atoms with Crippen LogP contribution in [-0.2, 0) is 14.6 Å². The molecule has 1 aliphatic rings. The molecule has 1 fully saturated rings. The summed E-state index contributed by atoms with van der Waals surface area (Å²) in [7, 11) is -3.16. The number of thioether (sulfide) groups is 1. The van der Waals surface area contributed by atoms with Crippen LogP contribution in [0, 0.1) is 0 Å². The van der Waals surface area contributed by atoms with Crippen molar-refractivity contribution >= 4 is 39.9 Å². The first kappa shape index (κ1) is 18.0. The summed E-state index contributed by atoms with van der Waals surface area (Å²) in [6.07, 6.45) is 0. The van der Waals surface area contributed by atoms with Crippen LogP contribution in [0.4, 0.5) is 0 Å². The zero-order valence-electron chi connectivity index (χ0n) is 10.9. The van der Waals surface area contributed by atoms with Gasteiger partial charge < -0.3 is 5.32 Å². The van der Waals surface area contributed by atoms with Gasteiger partial charge in [-0.2, -0.15) is 0 Å². The number of amides is 1. The van der Waals surface area contributed by atoms with Gasteiger partial charge in [0.15, 0.2) is 9.84 Å². The Balaban J connectivity index is 0.00000289. The van der Waals surface area contributed by atoms with E-state index in [-0.39, 0.29) is 36.7 Å². The fraction of sp³-hybridized carbons (Fsp3) is 0.900. The lowest BCUT2D eigenvalue weighted by Gasteiger charge is -2.19. The predicted octanol–water partition coefficient (Wildman–Crippen LogP) is 0.400. The lowest BCUT2D eigenvalue weighted by Crippen LogP contribution is -2.44. The van der Waals surface area contributed by atoms with E-state index in [9.17, 15) is 13.2 Å². The van der Waals surface area contributed by atoms with Gasteiger partial charge in [-0.25, -0.2) is 8.42 Å². The first-order chi connectivity index (χ1) is 7.74. The number of sulfone groups is 1. The third kappa shape index (κ3) is 4.95. The SMILES string of the molecule is CC(C)(C)S(=O)(=O)CCNC(=O)C1CSCN1.Cl. The lowest BCUT2D eigenvalue weighted by atomic mass is 10.3. The first-order valence-electron chi connectivity index (χ1n) is 5.55. The molecule has 0 aromatic rings. The summed E-state index contributed by atoms with van der Waals surface area (Å²) >= 11 is 1.66. The Kier molecular flexibility index (Phi) is 6.99. The summed E-state index contributed by atoms with van der Waals surface area (Å²) in [4.78, 5) is 11.6. The molecule has 0 bridgehead atoms. The van der Waals surface area contributed by atoms with Crippen LogP contribution in [0.15, 0.2) is 0 Å². The topological polar surface area (TPSA) is 75.3 Å². The quantitative estimate of drug-likeness (QED) is 0.785. The van der Waals surface area contributed by atoms with Crippen molar-refractivity contribution in [2.45, 2.75) is 31.6 Å². The molecule has 0 radical (unpaired) electrons. The van der Waals surface area contributed by atoms with Crippen LogP contribution >= 0.6 is 24.2 Å². The molecule has 0 saturated carbocycles. The third-order valence-electron chi connectivity index (χ3n) is 2.64. The van der Waals surface area contributed by atoms with Crippen LogP contribution in [0.5, 0.6) is 0 Å². The largest absolute Gasteiger partial charge is 0.354 e. The molecule has 108 valence electrons. The van der Waals surface area contributed by atoms with E-state index in [1.165, 1.54) is 0 Å². The summed E-state index contributed by atoms with van der Waals surface area (Å²) in [5.41, 5.74) is 0. The van der Waals surface area contributed by atoms with Gasteiger partial charge in [-0.05, 0) is 20.8 Å². The number of rotatable bonds is 4. The average molecular weight is 317 g/mol. The van der Waals surface area contributed by atoms with E-state index in [1.807, 2.05) is 0 Å². The maximum atomic E-state index is 11.8. The van der Waals surface area contributed by atoms with Crippen LogP contribution in [0.3, 0.4) is 0 Å². The Morgan fingerprint density at radius 2 is 2.06 bits per heavy atom. The molecule has 5 nitrogen and oxygen atoms in total. The van der Waals surface area contributed by atoms with E-state index in [1.54, 1.807) is 32.5 Å². The Morgan fingerprint density at radius 1 is 1.44 bits per heavy atom. The Morgan fingerprint density at radius 3 is 2.50 bits per heavy atom. The summed E-state index contributed by atoms with van der Waals surface area (Å²) in [5, 5.41) is 5.69. The molecule has 0 spiro atoms. The molecule has 1 aliphatic heterocycles. The van der Waals surface area contributed by atoms with Crippen molar-refractivity contribution in [1.29, 1.82) is 0 Å². The fourth-order valence-corrected chi connectivity index (χ4v) is 3.23. The van der Waals surface area contributed by atoms with Crippen molar-refractivity contribution < 1.29 is 13.2 Å². The molecule has 8 heteroatoms. The normalized spacial score (nSPS) is 20.3. The van der Waals surface area contributed by atoms with Gasteiger partial charge in [0.05, 0.1) is 16.5 Å². The molecule has 0 aromatic heterocycles. The summed E-state index contributed by atoms with van der Waals surface area (Å²) < 4.78 is 22.8. The van der Waals surface area contributed by atoms with E-state index >= 15 is 0 Å². The van der Waals surface area contributed by atoms with Crippen molar-refractivity contribution in [3.8, 4) is 0 Å². The van der Waals surface area contributed by atoms with Crippen LogP contribution in [0.25, 0.3) is 0 Å². The molecule has 18 heavy (non-hydrogen) atoms. The van der Waals surface area contributed by atoms with Crippen LogP contribution in [0.2, 0.25) is 0 Å². The van der Waals surface area contributed by atoms with Crippen molar-refractivity contribution in [3.05, 3.63) is 0 Å². The number of halogens is 1. The highest BCUT2D eigenvalue weighted by molar-refractivity contribution is 7.99. The first-order valence-corrected chi connectivity index (χ1v) is 8.36. The molecule has 1 amide bonds. The van der Waals surface area contributed by atoms with Gasteiger partial charge in [0.1, 0.15) is 0 Å². The second-order valence-electron chi connectivity index (χ2n) is 4.99. The van der Waals surface area contributed by atoms with Crippen molar-refractivity contribution in [3.63, 3.8) is 0 Å². The van der Waals surface area contributed by atoms with Crippen LogP contribution in [-0.4, -0.2) is 49.0 Å². The molecule has 2 N–H and O–H groups in total. The number of carbonyl (C=O) groups excluding carboxylic acids is 1. The minimum absolute atomic E-state index is 0. The molecule has 1 atom stereocenters. The second-order valence-corrected chi connectivity index (χ2v) is 8.89. The summed E-state index contributed by atoms with van der Waals surface area (Å²) in [5.74, 6) is 1.40. The molecule has 1 saturated heterocycles. The predicted molar refractivity (Wildman–Crippen MR) is 78.0 cm³/mol. The van der Waals surface area contributed by atoms with Crippen molar-refractivity contribution in [2.24, 2.45) is 0 Å². The summed E-state index contributed by atoms with van der Waals surface area (Å²) in [6, 6.07) is -0.183. The minimum atomic E-state index is -3.16. The van der Waals surface area contributed by atoms with E-state index < -0.39 is 14.6 Å². The second kappa shape index (κ2) is 6.98. The molecular formula is C10H21ClN2O3S2. The van der Waals surface area contributed by atoms with Crippen LogP contribution < -0.4 is 10.6 Å². The fourth-order valence-electron chi connectivity index (χ4n) is 1.30. The molecule has 1 heterocycles. The zero-order valence-corrected chi connectivity index (χ0v) is 13.3. The highest BCUT2D eigenvalue weighted by Gasteiger charge is 2.29. The van der Waals surface area contributed by atoms with Crippen molar-refractivity contribution in [2.75, 3.05) is 23.9 Å². The molecule has 1 rings (SSSR count). The number of hydrogen-bond acceptors (Lipinski definition) is 5. The van der Waals surface area contributed by atoms with E-state index in [0.717, 1.165) is 11.6 Å². The third-order valence-corrected chi connectivity index (χ3v) is 6.18. The Bertz CT molecular complexity index is 373. The van der Waals surface area contributed by atoms with E-state index in [4.69, 9.17) is 0 Å². The van der Waals surface area contributed by atoms with E-state index in [0.29, 0.717) is 0 Å². The number of hydrogen-bond donors (Lipinski definition) is 2. The standard InChI is InChI=1S/C10H20N2O3S2.ClH/c1-10(2,3)17(14,15)5-4-11-9(13)8-6-16-7-12-8;/h8,12H,4-7H2,1-3H3,(H,11,13);1H. The lowest BCUT2D eigenvalue weighted by molar-refractivity contribution is -0.122. The molecular weight excluding hydrogens is 296 g/mol. The van der Waals surface area contributed by atoms with Gasteiger partial charge in [0.2, 0.25) is 5.91 Å². The Hall–Kier alpha value is 0.0200. The highest BCUT2D eigenvalue weighted by Crippen LogP contribution is 2.15. The van der Waals surface area contributed by atoms with Crippen molar-refractivity contribution in [1.82, 2.24) is 10.6 Å². The molecule has 0 aliphatic carbocycles. The van der Waals surface area contributed by atoms with Gasteiger partial charge >= 0.3 is 0 Å². The highest BCUT2D eigenvalue weighted by atomic mass is 35.5. The van der Waals surface area contributed by atoms with Gasteiger partial charge in [-0.15, -0.1) is 24.2 Å². The van der Waals surface area contributed by atoms with Crippen LogP contribution in [0.1, 0.15) is 20.8 Å². The smallest absolute Gasteiger partial charge is 0.238 e. The van der Waals surface area contributed by atoms with Gasteiger partial charge in [-0.1, -0.05) is 0 Å². The monoisotopic (exact) mass is 316 g/mol. The zero-order chi connectivity index (χ0) is 13.1. The number of nitrogens with one attached hydrogen (secondary N) is 2. The van der Waals surface area contributed by atoms with Gasteiger partial charge in [0, 0.05) is 18.2 Å². The maximum Gasteiger partial charge on any atom is 0.238 e. The minimum Gasteiger partial charge on any atom is -0.354 e. The van der Waals surface area contributed by atoms with Gasteiger partial charge in [0.25, 0.3) is 0 Å². The maximum absolute atomic E-state index is 11.8.